The number of benzene rings is 1. The highest BCUT2D eigenvalue weighted by Crippen LogP contribution is 2.28. The van der Waals surface area contributed by atoms with Gasteiger partial charge in [-0.2, -0.15) is 0 Å². The highest BCUT2D eigenvalue weighted by molar-refractivity contribution is 5.43. The Kier molecular flexibility index (Phi) is 5.29. The van der Waals surface area contributed by atoms with E-state index < -0.39 is 0 Å². The summed E-state index contributed by atoms with van der Waals surface area (Å²) in [4.78, 5) is 0. The van der Waals surface area contributed by atoms with Gasteiger partial charge in [0, 0.05) is 6.04 Å². The molecule has 17 heavy (non-hydrogen) atoms. The Bertz CT molecular complexity index is 350. The van der Waals surface area contributed by atoms with E-state index in [1.165, 1.54) is 5.56 Å². The molecule has 1 aromatic rings. The van der Waals surface area contributed by atoms with Crippen molar-refractivity contribution in [1.29, 1.82) is 0 Å². The van der Waals surface area contributed by atoms with Gasteiger partial charge >= 0.3 is 0 Å². The SMILES string of the molecule is CCOc1ccc(CC(N)C(C)C)cc1OC. The first-order chi connectivity index (χ1) is 8.08. The summed E-state index contributed by atoms with van der Waals surface area (Å²) >= 11 is 0. The van der Waals surface area contributed by atoms with Gasteiger partial charge < -0.3 is 15.2 Å². The van der Waals surface area contributed by atoms with Crippen LogP contribution in [0.3, 0.4) is 0 Å². The van der Waals surface area contributed by atoms with Crippen LogP contribution in [0.5, 0.6) is 11.5 Å². The zero-order valence-electron chi connectivity index (χ0n) is 11.2. The van der Waals surface area contributed by atoms with Gasteiger partial charge in [0.25, 0.3) is 0 Å². The largest absolute Gasteiger partial charge is 0.493 e. The van der Waals surface area contributed by atoms with Gasteiger partial charge in [0.05, 0.1) is 13.7 Å². The number of methoxy groups -OCH3 is 1. The van der Waals surface area contributed by atoms with Crippen LogP contribution in [0.1, 0.15) is 26.3 Å². The minimum Gasteiger partial charge on any atom is -0.493 e. The fraction of sp³-hybridized carbons (Fsp3) is 0.571. The molecular weight excluding hydrogens is 214 g/mol. The quantitative estimate of drug-likeness (QED) is 0.827. The zero-order valence-corrected chi connectivity index (χ0v) is 11.2. The third-order valence-electron chi connectivity index (χ3n) is 2.86. The van der Waals surface area contributed by atoms with Crippen molar-refractivity contribution in [3.05, 3.63) is 23.8 Å². The summed E-state index contributed by atoms with van der Waals surface area (Å²) in [6.07, 6.45) is 0.862. The molecule has 0 aliphatic rings. The fourth-order valence-electron chi connectivity index (χ4n) is 1.62. The second-order valence-corrected chi connectivity index (χ2v) is 4.53. The molecule has 1 rings (SSSR count). The number of ether oxygens (including phenoxy) is 2. The van der Waals surface area contributed by atoms with Crippen molar-refractivity contribution >= 4 is 0 Å². The summed E-state index contributed by atoms with van der Waals surface area (Å²) in [6.45, 7) is 6.87. The summed E-state index contributed by atoms with van der Waals surface area (Å²) in [5, 5.41) is 0. The van der Waals surface area contributed by atoms with Crippen molar-refractivity contribution in [1.82, 2.24) is 0 Å². The normalized spacial score (nSPS) is 12.6. The molecule has 0 fully saturated rings. The minimum atomic E-state index is 0.178. The summed E-state index contributed by atoms with van der Waals surface area (Å²) in [7, 11) is 1.66. The molecule has 1 unspecified atom stereocenters. The summed E-state index contributed by atoms with van der Waals surface area (Å²) in [5.41, 5.74) is 7.25. The summed E-state index contributed by atoms with van der Waals surface area (Å²) in [5.74, 6) is 2.05. The lowest BCUT2D eigenvalue weighted by atomic mass is 9.97. The van der Waals surface area contributed by atoms with Crippen molar-refractivity contribution < 1.29 is 9.47 Å². The van der Waals surface area contributed by atoms with Crippen LogP contribution in [0.25, 0.3) is 0 Å². The molecule has 96 valence electrons. The lowest BCUT2D eigenvalue weighted by Crippen LogP contribution is -2.28. The Morgan fingerprint density at radius 2 is 1.94 bits per heavy atom. The third-order valence-corrected chi connectivity index (χ3v) is 2.86. The van der Waals surface area contributed by atoms with Gasteiger partial charge in [-0.1, -0.05) is 19.9 Å². The standard InChI is InChI=1S/C14H23NO2/c1-5-17-13-7-6-11(9-14(13)16-4)8-12(15)10(2)3/h6-7,9-10,12H,5,8,15H2,1-4H3. The van der Waals surface area contributed by atoms with E-state index in [0.717, 1.165) is 17.9 Å². The number of rotatable bonds is 6. The predicted molar refractivity (Wildman–Crippen MR) is 70.7 cm³/mol. The molecule has 0 saturated heterocycles. The first-order valence-electron chi connectivity index (χ1n) is 6.13. The molecule has 0 bridgehead atoms. The molecule has 0 radical (unpaired) electrons. The molecule has 3 nitrogen and oxygen atoms in total. The molecular formula is C14H23NO2. The first kappa shape index (κ1) is 13.8. The van der Waals surface area contributed by atoms with E-state index in [1.54, 1.807) is 7.11 Å². The van der Waals surface area contributed by atoms with Crippen LogP contribution in [0.15, 0.2) is 18.2 Å². The molecule has 1 aromatic carbocycles. The summed E-state index contributed by atoms with van der Waals surface area (Å²) < 4.78 is 10.8. The van der Waals surface area contributed by atoms with E-state index >= 15 is 0 Å². The van der Waals surface area contributed by atoms with Crippen LogP contribution in [-0.2, 0) is 6.42 Å². The van der Waals surface area contributed by atoms with E-state index in [1.807, 2.05) is 19.1 Å². The number of hydrogen-bond acceptors (Lipinski definition) is 3. The average Bonchev–Trinajstić information content (AvgIpc) is 2.31. The average molecular weight is 237 g/mol. The van der Waals surface area contributed by atoms with Crippen LogP contribution in [-0.4, -0.2) is 19.8 Å². The van der Waals surface area contributed by atoms with Crippen LogP contribution in [0.2, 0.25) is 0 Å². The topological polar surface area (TPSA) is 44.5 Å². The van der Waals surface area contributed by atoms with E-state index in [9.17, 15) is 0 Å². The minimum absolute atomic E-state index is 0.178. The Morgan fingerprint density at radius 3 is 2.47 bits per heavy atom. The molecule has 0 heterocycles. The monoisotopic (exact) mass is 237 g/mol. The molecule has 0 aliphatic heterocycles. The molecule has 0 spiro atoms. The Hall–Kier alpha value is -1.22. The number of hydrogen-bond donors (Lipinski definition) is 1. The summed E-state index contributed by atoms with van der Waals surface area (Å²) in [6, 6.07) is 6.19. The maximum atomic E-state index is 6.06. The van der Waals surface area contributed by atoms with Crippen molar-refractivity contribution in [3.63, 3.8) is 0 Å². The highest BCUT2D eigenvalue weighted by Gasteiger charge is 2.11. The second kappa shape index (κ2) is 6.50. The zero-order chi connectivity index (χ0) is 12.8. The van der Waals surface area contributed by atoms with Crippen molar-refractivity contribution in [2.45, 2.75) is 33.2 Å². The molecule has 3 heteroatoms. The van der Waals surface area contributed by atoms with Crippen LogP contribution in [0.4, 0.5) is 0 Å². The van der Waals surface area contributed by atoms with Gasteiger partial charge in [-0.25, -0.2) is 0 Å². The molecule has 0 amide bonds. The molecule has 0 aliphatic carbocycles. The van der Waals surface area contributed by atoms with Crippen LogP contribution < -0.4 is 15.2 Å². The van der Waals surface area contributed by atoms with Gasteiger partial charge in [0.2, 0.25) is 0 Å². The van der Waals surface area contributed by atoms with E-state index in [4.69, 9.17) is 15.2 Å². The van der Waals surface area contributed by atoms with Gasteiger partial charge in [-0.15, -0.1) is 0 Å². The van der Waals surface area contributed by atoms with E-state index in [0.29, 0.717) is 12.5 Å². The van der Waals surface area contributed by atoms with Crippen molar-refractivity contribution in [2.75, 3.05) is 13.7 Å². The van der Waals surface area contributed by atoms with Crippen molar-refractivity contribution in [2.24, 2.45) is 11.7 Å². The third kappa shape index (κ3) is 3.93. The molecule has 1 atom stereocenters. The predicted octanol–water partition coefficient (Wildman–Crippen LogP) is 2.62. The van der Waals surface area contributed by atoms with Gasteiger partial charge in [0.15, 0.2) is 11.5 Å². The molecule has 0 saturated carbocycles. The highest BCUT2D eigenvalue weighted by atomic mass is 16.5. The van der Waals surface area contributed by atoms with Crippen LogP contribution in [0, 0.1) is 5.92 Å². The van der Waals surface area contributed by atoms with Crippen LogP contribution >= 0.6 is 0 Å². The maximum absolute atomic E-state index is 6.06. The lowest BCUT2D eigenvalue weighted by Gasteiger charge is -2.17. The van der Waals surface area contributed by atoms with Gasteiger partial charge in [-0.05, 0) is 37.0 Å². The van der Waals surface area contributed by atoms with Crippen molar-refractivity contribution in [3.8, 4) is 11.5 Å². The van der Waals surface area contributed by atoms with Gasteiger partial charge in [-0.3, -0.25) is 0 Å². The Morgan fingerprint density at radius 1 is 1.24 bits per heavy atom. The Labute approximate surface area is 104 Å². The molecule has 0 aromatic heterocycles. The molecule has 2 N–H and O–H groups in total. The maximum Gasteiger partial charge on any atom is 0.161 e. The number of nitrogens with two attached hydrogens (primary N) is 1. The lowest BCUT2D eigenvalue weighted by molar-refractivity contribution is 0.310. The first-order valence-corrected chi connectivity index (χ1v) is 6.13. The van der Waals surface area contributed by atoms with Gasteiger partial charge in [0.1, 0.15) is 0 Å². The second-order valence-electron chi connectivity index (χ2n) is 4.53. The van der Waals surface area contributed by atoms with E-state index in [-0.39, 0.29) is 6.04 Å². The smallest absolute Gasteiger partial charge is 0.161 e. The Balaban J connectivity index is 2.82. The van der Waals surface area contributed by atoms with E-state index in [2.05, 4.69) is 19.9 Å². The fourth-order valence-corrected chi connectivity index (χ4v) is 1.62.